The Morgan fingerprint density at radius 1 is 1.30 bits per heavy atom. The smallest absolute Gasteiger partial charge is 0.305 e. The van der Waals surface area contributed by atoms with Crippen molar-refractivity contribution in [2.45, 2.75) is 38.8 Å². The van der Waals surface area contributed by atoms with Gasteiger partial charge in [-0.1, -0.05) is 17.7 Å². The van der Waals surface area contributed by atoms with E-state index < -0.39 is 0 Å². The third kappa shape index (κ3) is 2.27. The van der Waals surface area contributed by atoms with Crippen LogP contribution in [0.2, 0.25) is 5.02 Å². The van der Waals surface area contributed by atoms with Crippen LogP contribution in [0.4, 0.5) is 0 Å². The summed E-state index contributed by atoms with van der Waals surface area (Å²) in [6.07, 6.45) is 1.99. The third-order valence-corrected chi connectivity index (χ3v) is 4.59. The number of hydrogen-bond acceptors (Lipinski definition) is 2. The first-order chi connectivity index (χ1) is 9.58. The quantitative estimate of drug-likeness (QED) is 0.925. The Balaban J connectivity index is 1.96. The number of rotatable bonds is 2. The number of fused-ring (bicyclic) bond motifs is 1. The SMILES string of the molecule is CC(C)N1CCC(n2c(=O)[nH]c3cccc(Cl)c32)CC1. The van der Waals surface area contributed by atoms with E-state index in [4.69, 9.17) is 11.6 Å². The van der Waals surface area contributed by atoms with E-state index in [1.807, 2.05) is 22.8 Å². The molecule has 1 N–H and O–H groups in total. The van der Waals surface area contributed by atoms with Gasteiger partial charge in [-0.05, 0) is 38.8 Å². The zero-order valence-corrected chi connectivity index (χ0v) is 12.7. The Morgan fingerprint density at radius 2 is 2.00 bits per heavy atom. The highest BCUT2D eigenvalue weighted by Crippen LogP contribution is 2.29. The number of halogens is 1. The lowest BCUT2D eigenvalue weighted by Crippen LogP contribution is -2.40. The summed E-state index contributed by atoms with van der Waals surface area (Å²) >= 11 is 6.28. The van der Waals surface area contributed by atoms with Crippen molar-refractivity contribution in [1.82, 2.24) is 14.5 Å². The van der Waals surface area contributed by atoms with Gasteiger partial charge in [0.25, 0.3) is 0 Å². The minimum Gasteiger partial charge on any atom is -0.305 e. The Labute approximate surface area is 123 Å². The molecule has 0 saturated carbocycles. The number of piperidine rings is 1. The number of aromatic nitrogens is 2. The molecule has 0 amide bonds. The molecule has 0 radical (unpaired) electrons. The molecule has 4 nitrogen and oxygen atoms in total. The first-order valence-electron chi connectivity index (χ1n) is 7.20. The number of benzene rings is 1. The molecule has 1 saturated heterocycles. The van der Waals surface area contributed by atoms with Crippen LogP contribution in [0.15, 0.2) is 23.0 Å². The monoisotopic (exact) mass is 293 g/mol. The van der Waals surface area contributed by atoms with Gasteiger partial charge >= 0.3 is 5.69 Å². The summed E-state index contributed by atoms with van der Waals surface area (Å²) in [7, 11) is 0. The van der Waals surface area contributed by atoms with Crippen LogP contribution in [0, 0.1) is 0 Å². The Morgan fingerprint density at radius 3 is 2.65 bits per heavy atom. The van der Waals surface area contributed by atoms with Crippen molar-refractivity contribution >= 4 is 22.6 Å². The van der Waals surface area contributed by atoms with Gasteiger partial charge in [0.05, 0.1) is 16.1 Å². The highest BCUT2D eigenvalue weighted by Gasteiger charge is 2.25. The number of likely N-dealkylation sites (tertiary alicyclic amines) is 1. The number of imidazole rings is 1. The summed E-state index contributed by atoms with van der Waals surface area (Å²) in [4.78, 5) is 17.6. The minimum absolute atomic E-state index is 0.0453. The molecule has 1 fully saturated rings. The van der Waals surface area contributed by atoms with Crippen molar-refractivity contribution in [3.05, 3.63) is 33.7 Å². The second-order valence-electron chi connectivity index (χ2n) is 5.80. The largest absolute Gasteiger partial charge is 0.326 e. The lowest BCUT2D eigenvalue weighted by Gasteiger charge is -2.35. The average Bonchev–Trinajstić information content (AvgIpc) is 2.76. The molecular formula is C15H20ClN3O. The summed E-state index contributed by atoms with van der Waals surface area (Å²) in [6.45, 7) is 6.50. The molecule has 1 aromatic carbocycles. The number of nitrogens with one attached hydrogen (secondary N) is 1. The molecular weight excluding hydrogens is 274 g/mol. The topological polar surface area (TPSA) is 41.0 Å². The maximum Gasteiger partial charge on any atom is 0.326 e. The van der Waals surface area contributed by atoms with Gasteiger partial charge in [0.1, 0.15) is 0 Å². The van der Waals surface area contributed by atoms with Gasteiger partial charge in [0.15, 0.2) is 0 Å². The lowest BCUT2D eigenvalue weighted by atomic mass is 10.0. The second-order valence-corrected chi connectivity index (χ2v) is 6.20. The number of para-hydroxylation sites is 1. The molecule has 0 unspecified atom stereocenters. The second kappa shape index (κ2) is 5.26. The first-order valence-corrected chi connectivity index (χ1v) is 7.58. The van der Waals surface area contributed by atoms with E-state index in [-0.39, 0.29) is 11.7 Å². The molecule has 2 aromatic rings. The lowest BCUT2D eigenvalue weighted by molar-refractivity contribution is 0.152. The van der Waals surface area contributed by atoms with Gasteiger partial charge < -0.3 is 9.88 Å². The van der Waals surface area contributed by atoms with E-state index in [0.717, 1.165) is 37.0 Å². The zero-order valence-electron chi connectivity index (χ0n) is 11.9. The third-order valence-electron chi connectivity index (χ3n) is 4.28. The van der Waals surface area contributed by atoms with Gasteiger partial charge in [0.2, 0.25) is 0 Å². The number of aromatic amines is 1. The minimum atomic E-state index is -0.0453. The van der Waals surface area contributed by atoms with Gasteiger partial charge in [-0.25, -0.2) is 4.79 Å². The fourth-order valence-corrected chi connectivity index (χ4v) is 3.41. The van der Waals surface area contributed by atoms with Gasteiger partial charge in [-0.2, -0.15) is 0 Å². The standard InChI is InChI=1S/C15H20ClN3O/c1-10(2)18-8-6-11(7-9-18)19-14-12(16)4-3-5-13(14)17-15(19)20/h3-5,10-11H,6-9H2,1-2H3,(H,17,20). The Kier molecular flexibility index (Phi) is 3.61. The van der Waals surface area contributed by atoms with Crippen molar-refractivity contribution in [2.24, 2.45) is 0 Å². The molecule has 3 rings (SSSR count). The van der Waals surface area contributed by atoms with Crippen molar-refractivity contribution in [3.63, 3.8) is 0 Å². The predicted octanol–water partition coefficient (Wildman–Crippen LogP) is 3.03. The number of nitrogens with zero attached hydrogens (tertiary/aromatic N) is 2. The average molecular weight is 294 g/mol. The summed E-state index contributed by atoms with van der Waals surface area (Å²) in [5.41, 5.74) is 1.63. The van der Waals surface area contributed by atoms with Crippen LogP contribution in [-0.2, 0) is 0 Å². The highest BCUT2D eigenvalue weighted by atomic mass is 35.5. The molecule has 2 heterocycles. The normalized spacial score (nSPS) is 18.2. The van der Waals surface area contributed by atoms with Crippen LogP contribution in [-0.4, -0.2) is 33.6 Å². The molecule has 0 aliphatic carbocycles. The van der Waals surface area contributed by atoms with Crippen LogP contribution in [0.3, 0.4) is 0 Å². The maximum atomic E-state index is 12.2. The van der Waals surface area contributed by atoms with Crippen LogP contribution >= 0.6 is 11.6 Å². The van der Waals surface area contributed by atoms with Crippen molar-refractivity contribution in [3.8, 4) is 0 Å². The van der Waals surface area contributed by atoms with Crippen LogP contribution in [0.5, 0.6) is 0 Å². The van der Waals surface area contributed by atoms with E-state index >= 15 is 0 Å². The van der Waals surface area contributed by atoms with Crippen molar-refractivity contribution < 1.29 is 0 Å². The molecule has 20 heavy (non-hydrogen) atoms. The van der Waals surface area contributed by atoms with Gasteiger partial charge in [0, 0.05) is 25.2 Å². The summed E-state index contributed by atoms with van der Waals surface area (Å²) in [5, 5.41) is 0.645. The van der Waals surface area contributed by atoms with Crippen LogP contribution in [0.25, 0.3) is 11.0 Å². The maximum absolute atomic E-state index is 12.2. The molecule has 1 aliphatic rings. The zero-order chi connectivity index (χ0) is 14.3. The van der Waals surface area contributed by atoms with E-state index in [1.165, 1.54) is 0 Å². The van der Waals surface area contributed by atoms with Crippen LogP contribution in [0.1, 0.15) is 32.7 Å². The highest BCUT2D eigenvalue weighted by molar-refractivity contribution is 6.34. The van der Waals surface area contributed by atoms with Gasteiger partial charge in [-0.15, -0.1) is 0 Å². The summed E-state index contributed by atoms with van der Waals surface area (Å²) < 4.78 is 1.86. The van der Waals surface area contributed by atoms with E-state index in [9.17, 15) is 4.79 Å². The van der Waals surface area contributed by atoms with Gasteiger partial charge in [-0.3, -0.25) is 4.57 Å². The van der Waals surface area contributed by atoms with Crippen molar-refractivity contribution in [2.75, 3.05) is 13.1 Å². The summed E-state index contributed by atoms with van der Waals surface area (Å²) in [5.74, 6) is 0. The van der Waals surface area contributed by atoms with Crippen LogP contribution < -0.4 is 5.69 Å². The predicted molar refractivity (Wildman–Crippen MR) is 82.5 cm³/mol. The van der Waals surface area contributed by atoms with Crippen molar-refractivity contribution in [1.29, 1.82) is 0 Å². The Hall–Kier alpha value is -1.26. The van der Waals surface area contributed by atoms with E-state index in [0.29, 0.717) is 11.1 Å². The molecule has 1 aromatic heterocycles. The summed E-state index contributed by atoms with van der Waals surface area (Å²) in [6, 6.07) is 6.43. The number of H-pyrrole nitrogens is 1. The molecule has 0 spiro atoms. The molecule has 0 atom stereocenters. The Bertz CT molecular complexity index is 665. The fourth-order valence-electron chi connectivity index (χ4n) is 3.15. The molecule has 108 valence electrons. The number of hydrogen-bond donors (Lipinski definition) is 1. The molecule has 0 bridgehead atoms. The molecule has 1 aliphatic heterocycles. The fraction of sp³-hybridized carbons (Fsp3) is 0.533. The molecule has 5 heteroatoms. The first kappa shape index (κ1) is 13.7. The van der Waals surface area contributed by atoms with E-state index in [2.05, 4.69) is 23.7 Å². The van der Waals surface area contributed by atoms with E-state index in [1.54, 1.807) is 0 Å².